The number of carbonyl (C=O) groups excluding carboxylic acids is 1. The van der Waals surface area contributed by atoms with Gasteiger partial charge in [0.1, 0.15) is 5.82 Å². The van der Waals surface area contributed by atoms with Gasteiger partial charge in [-0.3, -0.25) is 4.79 Å². The minimum atomic E-state index is -0.280. The van der Waals surface area contributed by atoms with Gasteiger partial charge in [0, 0.05) is 0 Å². The molecule has 0 radical (unpaired) electrons. The van der Waals surface area contributed by atoms with E-state index in [1.807, 2.05) is 13.0 Å². The molecule has 2 rings (SSSR count). The molecule has 0 amide bonds. The summed E-state index contributed by atoms with van der Waals surface area (Å²) in [6.45, 7) is 6.74. The van der Waals surface area contributed by atoms with Crippen molar-refractivity contribution in [2.24, 2.45) is 5.73 Å². The standard InChI is InChI=1S/C19H24FNO2/c1-12-14(10-17(22)23-4)9-13-5-6-15(20)11-16(13)18(12)19(2,3)7-8-21/h5-6,9,11H,7-8,10,21H2,1-4H3. The van der Waals surface area contributed by atoms with Gasteiger partial charge >= 0.3 is 5.97 Å². The molecule has 0 aliphatic carbocycles. The van der Waals surface area contributed by atoms with Crippen LogP contribution in [0.1, 0.15) is 37.0 Å². The van der Waals surface area contributed by atoms with Crippen LogP contribution in [0, 0.1) is 12.7 Å². The van der Waals surface area contributed by atoms with Crippen molar-refractivity contribution in [2.75, 3.05) is 13.7 Å². The molecule has 0 aliphatic heterocycles. The Kier molecular flexibility index (Phi) is 5.05. The largest absolute Gasteiger partial charge is 0.469 e. The van der Waals surface area contributed by atoms with Gasteiger partial charge in [-0.1, -0.05) is 26.0 Å². The summed E-state index contributed by atoms with van der Waals surface area (Å²) in [6.07, 6.45) is 0.989. The summed E-state index contributed by atoms with van der Waals surface area (Å²) in [5.41, 5.74) is 8.53. The zero-order valence-corrected chi connectivity index (χ0v) is 14.2. The minimum Gasteiger partial charge on any atom is -0.469 e. The van der Waals surface area contributed by atoms with Crippen molar-refractivity contribution in [1.82, 2.24) is 0 Å². The molecule has 4 heteroatoms. The monoisotopic (exact) mass is 317 g/mol. The van der Waals surface area contributed by atoms with Gasteiger partial charge in [-0.05, 0) is 64.9 Å². The molecule has 3 nitrogen and oxygen atoms in total. The van der Waals surface area contributed by atoms with E-state index in [1.165, 1.54) is 13.2 Å². The average molecular weight is 317 g/mol. The summed E-state index contributed by atoms with van der Waals surface area (Å²) in [4.78, 5) is 11.7. The number of hydrogen-bond donors (Lipinski definition) is 1. The number of rotatable bonds is 5. The number of fused-ring (bicyclic) bond motifs is 1. The summed E-state index contributed by atoms with van der Waals surface area (Å²) < 4.78 is 18.6. The highest BCUT2D eigenvalue weighted by Gasteiger charge is 2.26. The number of hydrogen-bond acceptors (Lipinski definition) is 3. The van der Waals surface area contributed by atoms with E-state index >= 15 is 0 Å². The second-order valence-corrected chi connectivity index (χ2v) is 6.58. The molecular formula is C19H24FNO2. The number of ether oxygens (including phenoxy) is 1. The Hall–Kier alpha value is -1.94. The number of methoxy groups -OCH3 is 1. The summed E-state index contributed by atoms with van der Waals surface area (Å²) in [5.74, 6) is -0.542. The first-order valence-corrected chi connectivity index (χ1v) is 7.79. The molecule has 23 heavy (non-hydrogen) atoms. The first kappa shape index (κ1) is 17.4. The molecule has 0 saturated heterocycles. The number of benzene rings is 2. The number of carbonyl (C=O) groups is 1. The molecule has 0 heterocycles. The molecule has 2 aromatic rings. The Labute approximate surface area is 136 Å². The van der Waals surface area contributed by atoms with Crippen LogP contribution in [-0.2, 0) is 21.4 Å². The van der Waals surface area contributed by atoms with Crippen LogP contribution in [0.5, 0.6) is 0 Å². The summed E-state index contributed by atoms with van der Waals surface area (Å²) in [6, 6.07) is 6.72. The third-order valence-electron chi connectivity index (χ3n) is 4.48. The van der Waals surface area contributed by atoms with Crippen molar-refractivity contribution in [3.63, 3.8) is 0 Å². The Balaban J connectivity index is 2.75. The molecule has 0 fully saturated rings. The molecule has 124 valence electrons. The Bertz CT molecular complexity index is 738. The second-order valence-electron chi connectivity index (χ2n) is 6.58. The maximum atomic E-state index is 13.8. The summed E-state index contributed by atoms with van der Waals surface area (Å²) >= 11 is 0. The van der Waals surface area contributed by atoms with Crippen molar-refractivity contribution >= 4 is 16.7 Å². The summed E-state index contributed by atoms with van der Waals surface area (Å²) in [7, 11) is 1.38. The predicted octanol–water partition coefficient (Wildman–Crippen LogP) is 3.63. The highest BCUT2D eigenvalue weighted by atomic mass is 19.1. The zero-order chi connectivity index (χ0) is 17.2. The second kappa shape index (κ2) is 6.67. The highest BCUT2D eigenvalue weighted by Crippen LogP contribution is 2.37. The lowest BCUT2D eigenvalue weighted by Crippen LogP contribution is -2.24. The molecule has 0 atom stereocenters. The Morgan fingerprint density at radius 2 is 2.00 bits per heavy atom. The van der Waals surface area contributed by atoms with E-state index in [0.29, 0.717) is 6.54 Å². The average Bonchev–Trinajstić information content (AvgIpc) is 2.47. The van der Waals surface area contributed by atoms with Crippen molar-refractivity contribution in [1.29, 1.82) is 0 Å². The Morgan fingerprint density at radius 3 is 2.61 bits per heavy atom. The first-order valence-electron chi connectivity index (χ1n) is 7.79. The highest BCUT2D eigenvalue weighted by molar-refractivity contribution is 5.90. The van der Waals surface area contributed by atoms with Gasteiger partial charge in [0.25, 0.3) is 0 Å². The molecule has 0 unspecified atom stereocenters. The van der Waals surface area contributed by atoms with Gasteiger partial charge in [0.2, 0.25) is 0 Å². The molecule has 2 N–H and O–H groups in total. The fraction of sp³-hybridized carbons (Fsp3) is 0.421. The topological polar surface area (TPSA) is 52.3 Å². The van der Waals surface area contributed by atoms with E-state index in [4.69, 9.17) is 10.5 Å². The lowest BCUT2D eigenvalue weighted by molar-refractivity contribution is -0.139. The van der Waals surface area contributed by atoms with E-state index in [9.17, 15) is 9.18 Å². The number of esters is 1. The van der Waals surface area contributed by atoms with E-state index < -0.39 is 0 Å². The lowest BCUT2D eigenvalue weighted by Gasteiger charge is -2.29. The molecule has 0 aliphatic rings. The van der Waals surface area contributed by atoms with Gasteiger partial charge in [-0.25, -0.2) is 4.39 Å². The quantitative estimate of drug-likeness (QED) is 0.857. The van der Waals surface area contributed by atoms with Crippen LogP contribution >= 0.6 is 0 Å². The molecule has 0 bridgehead atoms. The van der Waals surface area contributed by atoms with Gasteiger partial charge in [0.15, 0.2) is 0 Å². The van der Waals surface area contributed by atoms with Crippen molar-refractivity contribution in [2.45, 2.75) is 39.0 Å². The van der Waals surface area contributed by atoms with Gasteiger partial charge in [-0.2, -0.15) is 0 Å². The molecule has 2 aromatic carbocycles. The van der Waals surface area contributed by atoms with Crippen molar-refractivity contribution in [3.8, 4) is 0 Å². The summed E-state index contributed by atoms with van der Waals surface area (Å²) in [5, 5.41) is 1.81. The van der Waals surface area contributed by atoms with Crippen LogP contribution in [-0.4, -0.2) is 19.6 Å². The van der Waals surface area contributed by atoms with Crippen LogP contribution in [0.3, 0.4) is 0 Å². The van der Waals surface area contributed by atoms with Crippen LogP contribution in [0.4, 0.5) is 4.39 Å². The van der Waals surface area contributed by atoms with E-state index in [1.54, 1.807) is 12.1 Å². The third-order valence-corrected chi connectivity index (χ3v) is 4.48. The molecule has 0 aromatic heterocycles. The number of halogens is 1. The molecular weight excluding hydrogens is 293 g/mol. The van der Waals surface area contributed by atoms with E-state index in [2.05, 4.69) is 13.8 Å². The smallest absolute Gasteiger partial charge is 0.309 e. The maximum Gasteiger partial charge on any atom is 0.309 e. The number of nitrogens with two attached hydrogens (primary N) is 1. The van der Waals surface area contributed by atoms with Crippen LogP contribution in [0.2, 0.25) is 0 Å². The molecule has 0 spiro atoms. The Morgan fingerprint density at radius 1 is 1.30 bits per heavy atom. The van der Waals surface area contributed by atoms with Gasteiger partial charge in [0.05, 0.1) is 13.5 Å². The lowest BCUT2D eigenvalue weighted by atomic mass is 9.75. The van der Waals surface area contributed by atoms with Crippen LogP contribution in [0.15, 0.2) is 24.3 Å². The first-order chi connectivity index (χ1) is 10.8. The fourth-order valence-electron chi connectivity index (χ4n) is 3.30. The SMILES string of the molecule is COC(=O)Cc1cc2ccc(F)cc2c(C(C)(C)CCN)c1C. The predicted molar refractivity (Wildman–Crippen MR) is 91.1 cm³/mol. The van der Waals surface area contributed by atoms with E-state index in [0.717, 1.165) is 33.9 Å². The zero-order valence-electron chi connectivity index (χ0n) is 14.2. The normalized spacial score (nSPS) is 11.7. The van der Waals surface area contributed by atoms with Gasteiger partial charge in [-0.15, -0.1) is 0 Å². The minimum absolute atomic E-state index is 0.210. The van der Waals surface area contributed by atoms with Crippen LogP contribution in [0.25, 0.3) is 10.8 Å². The molecule has 0 saturated carbocycles. The van der Waals surface area contributed by atoms with Crippen molar-refractivity contribution < 1.29 is 13.9 Å². The third kappa shape index (κ3) is 3.53. The van der Waals surface area contributed by atoms with Crippen LogP contribution < -0.4 is 5.73 Å². The van der Waals surface area contributed by atoms with E-state index in [-0.39, 0.29) is 23.6 Å². The van der Waals surface area contributed by atoms with Gasteiger partial charge < -0.3 is 10.5 Å². The van der Waals surface area contributed by atoms with Crippen molar-refractivity contribution in [3.05, 3.63) is 46.8 Å². The maximum absolute atomic E-state index is 13.8. The fourth-order valence-corrected chi connectivity index (χ4v) is 3.30.